The van der Waals surface area contributed by atoms with Crippen molar-refractivity contribution in [2.75, 3.05) is 0 Å². The van der Waals surface area contributed by atoms with Gasteiger partial charge in [0, 0.05) is 37.0 Å². The van der Waals surface area contributed by atoms with Gasteiger partial charge in [-0.2, -0.15) is 0 Å². The predicted molar refractivity (Wildman–Crippen MR) is 66.5 cm³/mol. The summed E-state index contributed by atoms with van der Waals surface area (Å²) < 4.78 is 1.91. The Morgan fingerprint density at radius 1 is 1.33 bits per heavy atom. The maximum atomic E-state index is 11.5. The fourth-order valence-electron chi connectivity index (χ4n) is 2.80. The number of benzene rings is 1. The van der Waals surface area contributed by atoms with E-state index in [-0.39, 0.29) is 18.6 Å². The Hall–Kier alpha value is -2.10. The monoisotopic (exact) mass is 243 g/mol. The van der Waals surface area contributed by atoms with Crippen molar-refractivity contribution in [3.8, 4) is 0 Å². The zero-order valence-corrected chi connectivity index (χ0v) is 10.0. The van der Waals surface area contributed by atoms with E-state index in [1.54, 1.807) is 0 Å². The molecule has 0 spiro atoms. The van der Waals surface area contributed by atoms with Gasteiger partial charge in [-0.3, -0.25) is 9.59 Å². The number of rotatable bonds is 2. The molecule has 18 heavy (non-hydrogen) atoms. The summed E-state index contributed by atoms with van der Waals surface area (Å²) in [6.45, 7) is 0. The minimum atomic E-state index is -1.02. The molecule has 0 atom stereocenters. The van der Waals surface area contributed by atoms with Crippen molar-refractivity contribution in [3.05, 3.63) is 36.0 Å². The van der Waals surface area contributed by atoms with Crippen LogP contribution in [0.2, 0.25) is 0 Å². The molecule has 1 saturated carbocycles. The minimum Gasteiger partial charge on any atom is -0.481 e. The van der Waals surface area contributed by atoms with Crippen LogP contribution in [0.1, 0.15) is 18.4 Å². The lowest BCUT2D eigenvalue weighted by molar-refractivity contribution is -0.153. The third-order valence-corrected chi connectivity index (χ3v) is 3.82. The number of aliphatic carboxylic acids is 1. The van der Waals surface area contributed by atoms with Crippen LogP contribution in [0.15, 0.2) is 30.5 Å². The molecule has 1 N–H and O–H groups in total. The summed E-state index contributed by atoms with van der Waals surface area (Å²) in [7, 11) is 1.89. The van der Waals surface area contributed by atoms with Crippen LogP contribution in [0.5, 0.6) is 0 Å². The molecule has 0 bridgehead atoms. The quantitative estimate of drug-likeness (QED) is 0.875. The highest BCUT2D eigenvalue weighted by molar-refractivity contribution is 6.04. The first kappa shape index (κ1) is 11.0. The number of hydrogen-bond donors (Lipinski definition) is 1. The van der Waals surface area contributed by atoms with Crippen molar-refractivity contribution in [3.63, 3.8) is 0 Å². The minimum absolute atomic E-state index is 0.0188. The van der Waals surface area contributed by atoms with Crippen LogP contribution >= 0.6 is 0 Å². The molecule has 0 saturated heterocycles. The molecule has 1 aliphatic carbocycles. The first-order chi connectivity index (χ1) is 8.54. The Bertz CT molecular complexity index is 661. The second kappa shape index (κ2) is 3.45. The normalized spacial score (nSPS) is 17.7. The highest BCUT2D eigenvalue weighted by Gasteiger charge is 2.52. The van der Waals surface area contributed by atoms with Crippen LogP contribution in [-0.2, 0) is 22.1 Å². The first-order valence-corrected chi connectivity index (χ1v) is 5.84. The lowest BCUT2D eigenvalue weighted by atomic mass is 9.63. The van der Waals surface area contributed by atoms with Crippen molar-refractivity contribution < 1.29 is 14.7 Å². The molecule has 0 unspecified atom stereocenters. The summed E-state index contributed by atoms with van der Waals surface area (Å²) >= 11 is 0. The largest absolute Gasteiger partial charge is 0.481 e. The van der Waals surface area contributed by atoms with E-state index in [0.29, 0.717) is 0 Å². The second-order valence-corrected chi connectivity index (χ2v) is 4.95. The van der Waals surface area contributed by atoms with Gasteiger partial charge in [-0.15, -0.1) is 0 Å². The Balaban J connectivity index is 2.25. The van der Waals surface area contributed by atoms with Gasteiger partial charge in [0.1, 0.15) is 11.2 Å². The van der Waals surface area contributed by atoms with Crippen LogP contribution in [0.3, 0.4) is 0 Å². The molecule has 0 amide bonds. The number of carbonyl (C=O) groups is 2. The Morgan fingerprint density at radius 2 is 2.00 bits per heavy atom. The predicted octanol–water partition coefficient (Wildman–Crippen LogP) is 1.86. The molecule has 92 valence electrons. The van der Waals surface area contributed by atoms with Gasteiger partial charge in [0.15, 0.2) is 0 Å². The second-order valence-electron chi connectivity index (χ2n) is 4.95. The summed E-state index contributed by atoms with van der Waals surface area (Å²) in [6, 6.07) is 7.68. The molecular formula is C14H13NO3. The van der Waals surface area contributed by atoms with Crippen molar-refractivity contribution in [2.24, 2.45) is 7.05 Å². The number of aryl methyl sites for hydroxylation is 1. The number of ketones is 1. The molecule has 3 rings (SSSR count). The molecule has 0 radical (unpaired) electrons. The van der Waals surface area contributed by atoms with E-state index in [1.807, 2.05) is 42.1 Å². The maximum absolute atomic E-state index is 11.5. The lowest BCUT2D eigenvalue weighted by Crippen LogP contribution is -2.48. The third kappa shape index (κ3) is 1.26. The van der Waals surface area contributed by atoms with Gasteiger partial charge >= 0.3 is 5.97 Å². The molecule has 1 aromatic heterocycles. The van der Waals surface area contributed by atoms with Gasteiger partial charge in [-0.05, 0) is 11.6 Å². The van der Waals surface area contributed by atoms with Crippen LogP contribution in [-0.4, -0.2) is 21.4 Å². The summed E-state index contributed by atoms with van der Waals surface area (Å²) in [4.78, 5) is 22.8. The number of para-hydroxylation sites is 1. The highest BCUT2D eigenvalue weighted by atomic mass is 16.4. The summed E-state index contributed by atoms with van der Waals surface area (Å²) in [5.41, 5.74) is 0.734. The third-order valence-electron chi connectivity index (χ3n) is 3.82. The molecule has 4 heteroatoms. The number of hydrogen-bond acceptors (Lipinski definition) is 2. The number of carboxylic acids is 1. The fourth-order valence-corrected chi connectivity index (χ4v) is 2.80. The van der Waals surface area contributed by atoms with Gasteiger partial charge in [-0.1, -0.05) is 18.2 Å². The van der Waals surface area contributed by atoms with Crippen LogP contribution < -0.4 is 0 Å². The average molecular weight is 243 g/mol. The molecule has 0 aliphatic heterocycles. The number of fused-ring (bicyclic) bond motifs is 1. The van der Waals surface area contributed by atoms with E-state index in [4.69, 9.17) is 0 Å². The molecular weight excluding hydrogens is 230 g/mol. The van der Waals surface area contributed by atoms with Crippen LogP contribution in [0.4, 0.5) is 0 Å². The van der Waals surface area contributed by atoms with Crippen molar-refractivity contribution in [1.29, 1.82) is 0 Å². The topological polar surface area (TPSA) is 59.3 Å². The van der Waals surface area contributed by atoms with E-state index in [0.717, 1.165) is 16.5 Å². The number of carbonyl (C=O) groups excluding carboxylic acids is 1. The SMILES string of the molecule is Cn1cc(C2(C(=O)O)CC(=O)C2)c2ccccc21. The van der Waals surface area contributed by atoms with Gasteiger partial charge in [0.05, 0.1) is 0 Å². The molecule has 1 fully saturated rings. The Kier molecular flexibility index (Phi) is 2.11. The van der Waals surface area contributed by atoms with E-state index in [1.165, 1.54) is 0 Å². The fraction of sp³-hybridized carbons (Fsp3) is 0.286. The molecule has 1 aromatic carbocycles. The summed E-state index contributed by atoms with van der Waals surface area (Å²) in [5, 5.41) is 10.4. The van der Waals surface area contributed by atoms with Gasteiger partial charge in [0.2, 0.25) is 0 Å². The number of nitrogens with zero attached hydrogens (tertiary/aromatic N) is 1. The van der Waals surface area contributed by atoms with Gasteiger partial charge < -0.3 is 9.67 Å². The zero-order valence-electron chi connectivity index (χ0n) is 10.0. The highest BCUT2D eigenvalue weighted by Crippen LogP contribution is 2.44. The Labute approximate surface area is 104 Å². The van der Waals surface area contributed by atoms with Crippen LogP contribution in [0, 0.1) is 0 Å². The number of aromatic nitrogens is 1. The molecule has 2 aromatic rings. The summed E-state index contributed by atoms with van der Waals surface area (Å²) in [5.74, 6) is -0.885. The van der Waals surface area contributed by atoms with E-state index < -0.39 is 11.4 Å². The Morgan fingerprint density at radius 3 is 2.61 bits per heavy atom. The van der Waals surface area contributed by atoms with E-state index in [9.17, 15) is 14.7 Å². The van der Waals surface area contributed by atoms with Crippen molar-refractivity contribution >= 4 is 22.7 Å². The van der Waals surface area contributed by atoms with E-state index >= 15 is 0 Å². The standard InChI is InChI=1S/C14H13NO3/c1-15-8-11(10-4-2-3-5-12(10)15)14(13(17)18)6-9(16)7-14/h2-5,8H,6-7H2,1H3,(H,17,18). The number of Topliss-reactive ketones (excluding diaryl/α,β-unsaturated/α-hetero) is 1. The van der Waals surface area contributed by atoms with Crippen molar-refractivity contribution in [1.82, 2.24) is 4.57 Å². The smallest absolute Gasteiger partial charge is 0.315 e. The molecule has 1 heterocycles. The average Bonchev–Trinajstić information content (AvgIpc) is 2.63. The maximum Gasteiger partial charge on any atom is 0.315 e. The van der Waals surface area contributed by atoms with Gasteiger partial charge in [-0.25, -0.2) is 0 Å². The first-order valence-electron chi connectivity index (χ1n) is 5.84. The van der Waals surface area contributed by atoms with Crippen LogP contribution in [0.25, 0.3) is 10.9 Å². The number of carboxylic acid groups (broad SMARTS) is 1. The lowest BCUT2D eigenvalue weighted by Gasteiger charge is -2.36. The van der Waals surface area contributed by atoms with E-state index in [2.05, 4.69) is 0 Å². The van der Waals surface area contributed by atoms with Gasteiger partial charge in [0.25, 0.3) is 0 Å². The molecule has 4 nitrogen and oxygen atoms in total. The van der Waals surface area contributed by atoms with Crippen molar-refractivity contribution in [2.45, 2.75) is 18.3 Å². The summed E-state index contributed by atoms with van der Waals surface area (Å²) in [6.07, 6.45) is 2.05. The zero-order chi connectivity index (χ0) is 12.9. The molecule has 1 aliphatic rings.